The van der Waals surface area contributed by atoms with Crippen molar-refractivity contribution < 1.29 is 26.4 Å². The summed E-state index contributed by atoms with van der Waals surface area (Å²) in [4.78, 5) is 23.9. The van der Waals surface area contributed by atoms with Crippen LogP contribution < -0.4 is 4.72 Å². The van der Waals surface area contributed by atoms with E-state index in [2.05, 4.69) is 15.0 Å². The summed E-state index contributed by atoms with van der Waals surface area (Å²) >= 11 is 0. The first-order chi connectivity index (χ1) is 16.7. The molecule has 2 aromatic carbocycles. The Morgan fingerprint density at radius 3 is 2.66 bits per heavy atom. The van der Waals surface area contributed by atoms with E-state index in [1.165, 1.54) is 12.3 Å². The number of sulfonamides is 1. The summed E-state index contributed by atoms with van der Waals surface area (Å²) in [5, 5.41) is 0.332. The lowest BCUT2D eigenvalue weighted by Crippen LogP contribution is -2.16. The second-order valence-corrected chi connectivity index (χ2v) is 9.33. The van der Waals surface area contributed by atoms with E-state index >= 15 is 4.39 Å². The highest BCUT2D eigenvalue weighted by atomic mass is 32.2. The zero-order valence-electron chi connectivity index (χ0n) is 17.7. The largest absolute Gasteiger partial charge is 0.345 e. The first-order valence-corrected chi connectivity index (χ1v) is 11.7. The summed E-state index contributed by atoms with van der Waals surface area (Å²) in [6, 6.07) is 7.36. The highest BCUT2D eigenvalue weighted by Crippen LogP contribution is 2.29. The molecule has 2 aromatic heterocycles. The van der Waals surface area contributed by atoms with Gasteiger partial charge in [-0.05, 0) is 42.0 Å². The van der Waals surface area contributed by atoms with Crippen LogP contribution in [0.4, 0.5) is 18.9 Å². The number of hydrogen-bond acceptors (Lipinski definition) is 5. The summed E-state index contributed by atoms with van der Waals surface area (Å²) < 4.78 is 70.6. The van der Waals surface area contributed by atoms with Gasteiger partial charge in [-0.2, -0.15) is 0 Å². The molecule has 0 saturated heterocycles. The van der Waals surface area contributed by atoms with Crippen LogP contribution in [0, 0.1) is 17.5 Å². The van der Waals surface area contributed by atoms with Crippen LogP contribution in [0.3, 0.4) is 0 Å². The predicted octanol–water partition coefficient (Wildman–Crippen LogP) is 4.48. The van der Waals surface area contributed by atoms with Gasteiger partial charge in [0.15, 0.2) is 5.82 Å². The van der Waals surface area contributed by atoms with Crippen molar-refractivity contribution in [3.8, 4) is 0 Å². The van der Waals surface area contributed by atoms with Crippen molar-refractivity contribution in [3.05, 3.63) is 95.1 Å². The van der Waals surface area contributed by atoms with E-state index in [4.69, 9.17) is 0 Å². The Kier molecular flexibility index (Phi) is 5.48. The van der Waals surface area contributed by atoms with Gasteiger partial charge in [-0.1, -0.05) is 12.1 Å². The number of halogens is 3. The fourth-order valence-electron chi connectivity index (χ4n) is 3.71. The van der Waals surface area contributed by atoms with Crippen LogP contribution in [0.25, 0.3) is 16.6 Å². The molecule has 4 aromatic rings. The topological polar surface area (TPSA) is 104 Å². The van der Waals surface area contributed by atoms with Crippen LogP contribution in [0.15, 0.2) is 70.8 Å². The molecule has 7 nitrogen and oxygen atoms in total. The molecule has 35 heavy (non-hydrogen) atoms. The summed E-state index contributed by atoms with van der Waals surface area (Å²) in [7, 11) is -4.42. The van der Waals surface area contributed by atoms with Crippen molar-refractivity contribution in [2.24, 2.45) is 4.99 Å². The number of aromatic amines is 1. The van der Waals surface area contributed by atoms with Crippen LogP contribution >= 0.6 is 0 Å². The van der Waals surface area contributed by atoms with E-state index in [0.29, 0.717) is 23.1 Å². The maximum Gasteiger partial charge on any atom is 0.262 e. The van der Waals surface area contributed by atoms with Gasteiger partial charge >= 0.3 is 0 Å². The average Bonchev–Trinajstić information content (AvgIpc) is 3.51. The second kappa shape index (κ2) is 8.51. The summed E-state index contributed by atoms with van der Waals surface area (Å²) in [6.07, 6.45) is 6.39. The van der Waals surface area contributed by atoms with Crippen molar-refractivity contribution in [3.63, 3.8) is 0 Å². The number of benzene rings is 2. The van der Waals surface area contributed by atoms with Gasteiger partial charge in [0.25, 0.3) is 10.0 Å². The van der Waals surface area contributed by atoms with Crippen LogP contribution in [0.1, 0.15) is 21.5 Å². The molecular weight excluding hydrogens is 481 g/mol. The minimum absolute atomic E-state index is 0.0483. The number of allylic oxidation sites excluding steroid dienone is 1. The van der Waals surface area contributed by atoms with Gasteiger partial charge in [0.2, 0.25) is 5.78 Å². The zero-order chi connectivity index (χ0) is 24.7. The lowest BCUT2D eigenvalue weighted by molar-refractivity contribution is 0.103. The van der Waals surface area contributed by atoms with E-state index < -0.39 is 49.4 Å². The zero-order valence-corrected chi connectivity index (χ0v) is 18.5. The van der Waals surface area contributed by atoms with Crippen LogP contribution in [0.5, 0.6) is 0 Å². The quantitative estimate of drug-likeness (QED) is 0.384. The third-order valence-corrected chi connectivity index (χ3v) is 6.79. The number of rotatable bonds is 6. The number of H-pyrrole nitrogens is 1. The molecule has 11 heteroatoms. The number of nitrogens with zero attached hydrogens (tertiary/aromatic N) is 2. The van der Waals surface area contributed by atoms with Crippen molar-refractivity contribution >= 4 is 44.3 Å². The number of ketones is 1. The molecule has 0 aliphatic carbocycles. The Balaban J connectivity index is 1.55. The Morgan fingerprint density at radius 1 is 1.09 bits per heavy atom. The second-order valence-electron chi connectivity index (χ2n) is 7.65. The third kappa shape index (κ3) is 4.10. The van der Waals surface area contributed by atoms with E-state index in [0.717, 1.165) is 35.9 Å². The number of aliphatic imine (C=N–C) groups is 1. The van der Waals surface area contributed by atoms with E-state index in [1.807, 2.05) is 10.8 Å². The summed E-state index contributed by atoms with van der Waals surface area (Å²) in [5.41, 5.74) is 0.140. The maximum atomic E-state index is 15.3. The van der Waals surface area contributed by atoms with Crippen molar-refractivity contribution in [2.45, 2.75) is 4.90 Å². The normalized spacial score (nSPS) is 13.3. The summed E-state index contributed by atoms with van der Waals surface area (Å²) in [5.74, 6) is -4.40. The molecule has 0 fully saturated rings. The van der Waals surface area contributed by atoms with Crippen LogP contribution in [-0.4, -0.2) is 36.9 Å². The number of pyridine rings is 1. The molecular formula is C24H15F3N4O3S. The first-order valence-electron chi connectivity index (χ1n) is 10.2. The monoisotopic (exact) mass is 496 g/mol. The number of hydrogen-bond donors (Lipinski definition) is 2. The molecule has 1 aliphatic heterocycles. The Morgan fingerprint density at radius 2 is 1.91 bits per heavy atom. The average molecular weight is 496 g/mol. The van der Waals surface area contributed by atoms with Gasteiger partial charge in [-0.3, -0.25) is 14.5 Å². The van der Waals surface area contributed by atoms with Crippen molar-refractivity contribution in [2.75, 3.05) is 11.3 Å². The van der Waals surface area contributed by atoms with Gasteiger partial charge in [0, 0.05) is 35.1 Å². The molecule has 0 saturated carbocycles. The number of fused-ring (bicyclic) bond motifs is 1. The number of carbonyl (C=O) groups is 1. The van der Waals surface area contributed by atoms with Gasteiger partial charge in [0.05, 0.1) is 22.7 Å². The van der Waals surface area contributed by atoms with Gasteiger partial charge < -0.3 is 4.98 Å². The number of aromatic nitrogens is 2. The molecule has 0 amide bonds. The molecule has 0 spiro atoms. The Bertz CT molecular complexity index is 1680. The van der Waals surface area contributed by atoms with E-state index in [-0.39, 0.29) is 5.56 Å². The van der Waals surface area contributed by atoms with E-state index in [9.17, 15) is 22.0 Å². The van der Waals surface area contributed by atoms with Gasteiger partial charge in [-0.15, -0.1) is 0 Å². The molecule has 0 unspecified atom stereocenters. The van der Waals surface area contributed by atoms with Gasteiger partial charge in [0.1, 0.15) is 17.3 Å². The summed E-state index contributed by atoms with van der Waals surface area (Å²) in [6.45, 7) is 0.515. The lowest BCUT2D eigenvalue weighted by atomic mass is 10.00. The lowest BCUT2D eigenvalue weighted by Gasteiger charge is -2.12. The fourth-order valence-corrected chi connectivity index (χ4v) is 4.80. The maximum absolute atomic E-state index is 15.3. The van der Waals surface area contributed by atoms with Crippen molar-refractivity contribution in [1.29, 1.82) is 0 Å². The van der Waals surface area contributed by atoms with Crippen LogP contribution in [-0.2, 0) is 10.0 Å². The molecule has 5 rings (SSSR count). The smallest absolute Gasteiger partial charge is 0.262 e. The van der Waals surface area contributed by atoms with E-state index in [1.54, 1.807) is 18.5 Å². The fraction of sp³-hybridized carbons (Fsp3) is 0.0417. The minimum atomic E-state index is -4.42. The van der Waals surface area contributed by atoms with Gasteiger partial charge in [-0.25, -0.2) is 26.6 Å². The molecule has 176 valence electrons. The number of nitrogens with one attached hydrogen (secondary N) is 2. The number of carbonyl (C=O) groups excluding carboxylic acids is 1. The molecule has 2 N–H and O–H groups in total. The highest BCUT2D eigenvalue weighted by molar-refractivity contribution is 7.92. The molecule has 0 radical (unpaired) electrons. The Labute approximate surface area is 197 Å². The molecule has 0 atom stereocenters. The first kappa shape index (κ1) is 22.5. The molecule has 0 bridgehead atoms. The predicted molar refractivity (Wildman–Crippen MR) is 124 cm³/mol. The molecule has 1 aliphatic rings. The minimum Gasteiger partial charge on any atom is -0.345 e. The molecule has 3 heterocycles. The highest BCUT2D eigenvalue weighted by Gasteiger charge is 2.26. The Hall–Kier alpha value is -4.25. The third-order valence-electron chi connectivity index (χ3n) is 5.42. The van der Waals surface area contributed by atoms with Crippen molar-refractivity contribution in [1.82, 2.24) is 9.97 Å². The standard InChI is InChI=1S/C24H15F3N4O3S/c25-15-2-1-3-16(9-15)35(33,34)31-20-5-4-19(26)21(22(20)27)23(32)18-12-30-24-17(18)8-14(11-29-24)13-6-7-28-10-13/h1-6,8-12,31H,7H2,(H,29,30). The SMILES string of the molecule is O=C(c1c(F)ccc(NS(=O)(=O)c2cccc(F)c2)c1F)c1c[nH]c2ncc(C3=CCN=C3)cc12. The number of anilines is 1. The van der Waals surface area contributed by atoms with Crippen LogP contribution in [0.2, 0.25) is 0 Å².